The van der Waals surface area contributed by atoms with Crippen LogP contribution in [0.25, 0.3) is 0 Å². The minimum absolute atomic E-state index is 0.296. The first-order valence-corrected chi connectivity index (χ1v) is 3.23. The molecule has 1 aromatic heterocycles. The molecule has 0 aromatic carbocycles. The van der Waals surface area contributed by atoms with Crippen LogP contribution >= 0.6 is 0 Å². The van der Waals surface area contributed by atoms with Gasteiger partial charge in [-0.2, -0.15) is 5.10 Å². The summed E-state index contributed by atoms with van der Waals surface area (Å²) in [6.07, 6.45) is 0.608. The minimum atomic E-state index is -0.489. The van der Waals surface area contributed by atoms with E-state index >= 15 is 0 Å². The molecule has 6 nitrogen and oxygen atoms in total. The largest absolute Gasteiger partial charge is 0.296 e. The number of hydrogen-bond acceptors (Lipinski definition) is 4. The van der Waals surface area contributed by atoms with Crippen LogP contribution in [0.5, 0.6) is 0 Å². The number of carbonyl (C=O) groups excluding carboxylic acids is 1. The van der Waals surface area contributed by atoms with Crippen molar-refractivity contribution in [3.63, 3.8) is 0 Å². The highest BCUT2D eigenvalue weighted by atomic mass is 16.6. The minimum Gasteiger partial charge on any atom is -0.296 e. The second-order valence-corrected chi connectivity index (χ2v) is 2.29. The van der Waals surface area contributed by atoms with Gasteiger partial charge in [0.1, 0.15) is 11.4 Å². The predicted octanol–water partition coefficient (Wildman–Crippen LogP) is 0.00930. The molecule has 0 saturated heterocycles. The molecule has 12 heavy (non-hydrogen) atoms. The van der Waals surface area contributed by atoms with E-state index in [1.807, 2.05) is 0 Å². The third-order valence-electron chi connectivity index (χ3n) is 1.38. The lowest BCUT2D eigenvalue weighted by molar-refractivity contribution is -0.497. The van der Waals surface area contributed by atoms with Gasteiger partial charge >= 0.3 is 0 Å². The van der Waals surface area contributed by atoms with Crippen molar-refractivity contribution in [2.75, 3.05) is 0 Å². The summed E-state index contributed by atoms with van der Waals surface area (Å²) in [7, 11) is 1.56. The molecule has 0 unspecified atom stereocenters. The van der Waals surface area contributed by atoms with E-state index in [0.717, 1.165) is 0 Å². The van der Waals surface area contributed by atoms with E-state index < -0.39 is 4.92 Å². The van der Waals surface area contributed by atoms with E-state index in [1.54, 1.807) is 7.05 Å². The van der Waals surface area contributed by atoms with Crippen LogP contribution in [-0.4, -0.2) is 21.0 Å². The Morgan fingerprint density at radius 3 is 2.92 bits per heavy atom. The monoisotopic (exact) mass is 169 g/mol. The van der Waals surface area contributed by atoms with E-state index in [2.05, 4.69) is 5.10 Å². The van der Waals surface area contributed by atoms with Gasteiger partial charge in [0.25, 0.3) is 0 Å². The summed E-state index contributed by atoms with van der Waals surface area (Å²) in [6.45, 7) is -0.346. The van der Waals surface area contributed by atoms with Crippen LogP contribution in [0.2, 0.25) is 0 Å². The highest BCUT2D eigenvalue weighted by Crippen LogP contribution is 2.00. The van der Waals surface area contributed by atoms with Crippen molar-refractivity contribution >= 4 is 6.29 Å². The highest BCUT2D eigenvalue weighted by Gasteiger charge is 2.08. The zero-order valence-corrected chi connectivity index (χ0v) is 6.43. The number of nitrogens with zero attached hydrogens (tertiary/aromatic N) is 3. The lowest BCUT2D eigenvalue weighted by Crippen LogP contribution is -2.00. The van der Waals surface area contributed by atoms with Crippen molar-refractivity contribution in [3.8, 4) is 0 Å². The Kier molecular flexibility index (Phi) is 2.18. The second-order valence-electron chi connectivity index (χ2n) is 2.29. The van der Waals surface area contributed by atoms with Gasteiger partial charge in [-0.15, -0.1) is 0 Å². The van der Waals surface area contributed by atoms with Gasteiger partial charge in [-0.05, 0) is 6.07 Å². The first kappa shape index (κ1) is 8.38. The van der Waals surface area contributed by atoms with Crippen LogP contribution in [0, 0.1) is 10.1 Å². The molecule has 0 bridgehead atoms. The normalized spacial score (nSPS) is 9.75. The Bertz CT molecular complexity index is 318. The molecule has 1 aromatic rings. The Balaban J connectivity index is 2.89. The molecule has 1 rings (SSSR count). The van der Waals surface area contributed by atoms with Crippen molar-refractivity contribution in [3.05, 3.63) is 27.6 Å². The Labute approximate surface area is 67.9 Å². The summed E-state index contributed by atoms with van der Waals surface area (Å²) in [5.74, 6) is 0. The molecule has 0 radical (unpaired) electrons. The van der Waals surface area contributed by atoms with Gasteiger partial charge in [0.15, 0.2) is 6.29 Å². The van der Waals surface area contributed by atoms with Crippen LogP contribution in [0.3, 0.4) is 0 Å². The van der Waals surface area contributed by atoms with Crippen molar-refractivity contribution in [2.45, 2.75) is 6.54 Å². The Hall–Kier alpha value is -1.72. The van der Waals surface area contributed by atoms with Gasteiger partial charge in [-0.25, -0.2) is 0 Å². The molecule has 6 heteroatoms. The summed E-state index contributed by atoms with van der Waals surface area (Å²) in [4.78, 5) is 19.9. The summed E-state index contributed by atoms with van der Waals surface area (Å²) < 4.78 is 1.31. The molecule has 0 aliphatic carbocycles. The van der Waals surface area contributed by atoms with Gasteiger partial charge < -0.3 is 0 Å². The molecular formula is C6H7N3O3. The maximum Gasteiger partial charge on any atom is 0.247 e. The highest BCUT2D eigenvalue weighted by molar-refractivity contribution is 5.72. The standard InChI is InChI=1S/C6H7N3O3/c1-8-6(4-10)2-5(7-8)3-9(11)12/h2,4H,3H2,1H3. The number of nitro groups is 1. The number of aryl methyl sites for hydroxylation is 1. The van der Waals surface area contributed by atoms with Gasteiger partial charge in [0.2, 0.25) is 6.54 Å². The molecular weight excluding hydrogens is 162 g/mol. The molecule has 64 valence electrons. The summed E-state index contributed by atoms with van der Waals surface area (Å²) >= 11 is 0. The first-order chi connectivity index (χ1) is 5.63. The average molecular weight is 169 g/mol. The molecule has 0 spiro atoms. The second kappa shape index (κ2) is 3.12. The van der Waals surface area contributed by atoms with Crippen LogP contribution in [0.1, 0.15) is 16.2 Å². The predicted molar refractivity (Wildman–Crippen MR) is 39.3 cm³/mol. The zero-order valence-electron chi connectivity index (χ0n) is 6.43. The number of aromatic nitrogens is 2. The summed E-state index contributed by atoms with van der Waals surface area (Å²) in [5.41, 5.74) is 0.636. The van der Waals surface area contributed by atoms with E-state index in [9.17, 15) is 14.9 Å². The van der Waals surface area contributed by atoms with Crippen molar-refractivity contribution in [1.29, 1.82) is 0 Å². The maximum absolute atomic E-state index is 10.3. The summed E-state index contributed by atoms with van der Waals surface area (Å²) in [6, 6.07) is 1.40. The topological polar surface area (TPSA) is 78.0 Å². The van der Waals surface area contributed by atoms with Gasteiger partial charge in [0.05, 0.1) is 0 Å². The fraction of sp³-hybridized carbons (Fsp3) is 0.333. The first-order valence-electron chi connectivity index (χ1n) is 3.23. The molecule has 0 aliphatic rings. The van der Waals surface area contributed by atoms with Crippen LogP contribution in [0.4, 0.5) is 0 Å². The molecule has 0 fully saturated rings. The third-order valence-corrected chi connectivity index (χ3v) is 1.38. The van der Waals surface area contributed by atoms with Crippen LogP contribution in [-0.2, 0) is 13.6 Å². The fourth-order valence-corrected chi connectivity index (χ4v) is 0.863. The van der Waals surface area contributed by atoms with Crippen LogP contribution < -0.4 is 0 Å². The van der Waals surface area contributed by atoms with Crippen molar-refractivity contribution < 1.29 is 9.72 Å². The van der Waals surface area contributed by atoms with Crippen molar-refractivity contribution in [1.82, 2.24) is 9.78 Å². The van der Waals surface area contributed by atoms with E-state index in [-0.39, 0.29) is 6.54 Å². The molecule has 0 aliphatic heterocycles. The Morgan fingerprint density at radius 2 is 2.50 bits per heavy atom. The summed E-state index contributed by atoms with van der Waals surface area (Å²) in [5, 5.41) is 13.8. The van der Waals surface area contributed by atoms with E-state index in [1.165, 1.54) is 10.7 Å². The lowest BCUT2D eigenvalue weighted by atomic mass is 10.4. The number of aldehydes is 1. The number of rotatable bonds is 3. The van der Waals surface area contributed by atoms with Crippen molar-refractivity contribution in [2.24, 2.45) is 7.05 Å². The molecule has 0 N–H and O–H groups in total. The van der Waals surface area contributed by atoms with E-state index in [0.29, 0.717) is 17.7 Å². The number of carbonyl (C=O) groups is 1. The lowest BCUT2D eigenvalue weighted by Gasteiger charge is -1.87. The molecule has 0 amide bonds. The van der Waals surface area contributed by atoms with Gasteiger partial charge in [0, 0.05) is 12.0 Å². The quantitative estimate of drug-likeness (QED) is 0.362. The molecule has 0 saturated carbocycles. The number of hydrogen-bond donors (Lipinski definition) is 0. The SMILES string of the molecule is Cn1nc(C[N+](=O)[O-])cc1C=O. The van der Waals surface area contributed by atoms with E-state index in [4.69, 9.17) is 0 Å². The van der Waals surface area contributed by atoms with Crippen LogP contribution in [0.15, 0.2) is 6.07 Å². The zero-order chi connectivity index (χ0) is 9.14. The smallest absolute Gasteiger partial charge is 0.247 e. The third kappa shape index (κ3) is 1.66. The Morgan fingerprint density at radius 1 is 1.83 bits per heavy atom. The van der Waals surface area contributed by atoms with Gasteiger partial charge in [-0.1, -0.05) is 0 Å². The maximum atomic E-state index is 10.3. The molecule has 1 heterocycles. The average Bonchev–Trinajstić information content (AvgIpc) is 2.29. The van der Waals surface area contributed by atoms with Gasteiger partial charge in [-0.3, -0.25) is 19.6 Å². The fourth-order valence-electron chi connectivity index (χ4n) is 0.863. The molecule has 0 atom stereocenters.